The number of nitrogens with two attached hydrogens (primary N) is 1. The number of rotatable bonds is 6. The maximum absolute atomic E-state index is 5.98. The van der Waals surface area contributed by atoms with Crippen LogP contribution < -0.4 is 15.4 Å². The molecule has 2 N–H and O–H groups in total. The molecule has 0 spiro atoms. The van der Waals surface area contributed by atoms with Gasteiger partial charge in [0.1, 0.15) is 5.75 Å². The summed E-state index contributed by atoms with van der Waals surface area (Å²) in [4.78, 5) is 2.16. The standard InChI is InChI=1S/C17H21BrN2O/c1-3-8-21-16-10-14(19)9-15(11-16)20(2)12-13-6-4-5-7-17(13)18/h4-7,9-11H,3,8,12,19H2,1-2H3. The third kappa shape index (κ3) is 4.39. The number of hydrogen-bond acceptors (Lipinski definition) is 3. The summed E-state index contributed by atoms with van der Waals surface area (Å²) in [5, 5.41) is 0. The predicted molar refractivity (Wildman–Crippen MR) is 92.9 cm³/mol. The molecule has 0 atom stereocenters. The van der Waals surface area contributed by atoms with Crippen molar-refractivity contribution >= 4 is 27.3 Å². The Kier molecular flexibility index (Phi) is 5.51. The molecule has 0 saturated carbocycles. The van der Waals surface area contributed by atoms with Crippen molar-refractivity contribution in [3.8, 4) is 5.75 Å². The maximum Gasteiger partial charge on any atom is 0.123 e. The average Bonchev–Trinajstić information content (AvgIpc) is 2.47. The fourth-order valence-corrected chi connectivity index (χ4v) is 2.51. The van der Waals surface area contributed by atoms with Gasteiger partial charge in [0.15, 0.2) is 0 Å². The van der Waals surface area contributed by atoms with Crippen molar-refractivity contribution in [2.24, 2.45) is 0 Å². The molecule has 0 unspecified atom stereocenters. The van der Waals surface area contributed by atoms with Crippen molar-refractivity contribution in [3.05, 3.63) is 52.5 Å². The van der Waals surface area contributed by atoms with Crippen LogP contribution in [0.1, 0.15) is 18.9 Å². The van der Waals surface area contributed by atoms with Crippen molar-refractivity contribution in [1.29, 1.82) is 0 Å². The van der Waals surface area contributed by atoms with Crippen LogP contribution >= 0.6 is 15.9 Å². The number of halogens is 1. The quantitative estimate of drug-likeness (QED) is 0.783. The highest BCUT2D eigenvalue weighted by molar-refractivity contribution is 9.10. The van der Waals surface area contributed by atoms with Gasteiger partial charge in [-0.1, -0.05) is 41.1 Å². The molecule has 0 bridgehead atoms. The van der Waals surface area contributed by atoms with Crippen molar-refractivity contribution < 1.29 is 4.74 Å². The number of anilines is 2. The van der Waals surface area contributed by atoms with Gasteiger partial charge in [0.2, 0.25) is 0 Å². The first-order valence-electron chi connectivity index (χ1n) is 7.08. The first kappa shape index (κ1) is 15.7. The molecule has 2 aromatic carbocycles. The molecule has 2 rings (SSSR count). The van der Waals surface area contributed by atoms with Gasteiger partial charge in [-0.2, -0.15) is 0 Å². The van der Waals surface area contributed by atoms with Crippen molar-refractivity contribution in [1.82, 2.24) is 0 Å². The molecule has 2 aromatic rings. The summed E-state index contributed by atoms with van der Waals surface area (Å²) in [5.74, 6) is 0.825. The lowest BCUT2D eigenvalue weighted by Crippen LogP contribution is -2.17. The third-order valence-electron chi connectivity index (χ3n) is 3.19. The molecule has 3 nitrogen and oxygen atoms in total. The number of hydrogen-bond donors (Lipinski definition) is 1. The second-order valence-corrected chi connectivity index (χ2v) is 5.91. The van der Waals surface area contributed by atoms with Crippen LogP contribution in [0.15, 0.2) is 46.9 Å². The van der Waals surface area contributed by atoms with Crippen LogP contribution in [-0.4, -0.2) is 13.7 Å². The van der Waals surface area contributed by atoms with E-state index in [9.17, 15) is 0 Å². The summed E-state index contributed by atoms with van der Waals surface area (Å²) in [6.45, 7) is 3.60. The Hall–Kier alpha value is -1.68. The number of benzene rings is 2. The summed E-state index contributed by atoms with van der Waals surface area (Å²) >= 11 is 3.58. The highest BCUT2D eigenvalue weighted by atomic mass is 79.9. The number of ether oxygens (including phenoxy) is 1. The van der Waals surface area contributed by atoms with Crippen LogP contribution in [0.3, 0.4) is 0 Å². The molecule has 0 radical (unpaired) electrons. The lowest BCUT2D eigenvalue weighted by atomic mass is 10.2. The van der Waals surface area contributed by atoms with Crippen LogP contribution in [0.4, 0.5) is 11.4 Å². The van der Waals surface area contributed by atoms with E-state index in [0.717, 1.165) is 34.6 Å². The lowest BCUT2D eigenvalue weighted by Gasteiger charge is -2.21. The molecule has 21 heavy (non-hydrogen) atoms. The summed E-state index contributed by atoms with van der Waals surface area (Å²) in [6.07, 6.45) is 0.983. The van der Waals surface area contributed by atoms with Crippen LogP contribution in [0.2, 0.25) is 0 Å². The van der Waals surface area contributed by atoms with Gasteiger partial charge in [-0.25, -0.2) is 0 Å². The van der Waals surface area contributed by atoms with Gasteiger partial charge in [0.25, 0.3) is 0 Å². The Morgan fingerprint density at radius 1 is 1.19 bits per heavy atom. The minimum absolute atomic E-state index is 0.705. The fraction of sp³-hybridized carbons (Fsp3) is 0.294. The predicted octanol–water partition coefficient (Wildman–Crippen LogP) is 4.46. The largest absolute Gasteiger partial charge is 0.493 e. The molecule has 0 heterocycles. The van der Waals surface area contributed by atoms with Gasteiger partial charge >= 0.3 is 0 Å². The molecule has 0 aromatic heterocycles. The van der Waals surface area contributed by atoms with Crippen molar-refractivity contribution in [2.75, 3.05) is 24.3 Å². The topological polar surface area (TPSA) is 38.5 Å². The second kappa shape index (κ2) is 7.36. The Bertz CT molecular complexity index is 601. The smallest absolute Gasteiger partial charge is 0.123 e. The molecule has 0 aliphatic rings. The van der Waals surface area contributed by atoms with Gasteiger partial charge in [-0.15, -0.1) is 0 Å². The zero-order valence-electron chi connectivity index (χ0n) is 12.5. The zero-order chi connectivity index (χ0) is 15.2. The van der Waals surface area contributed by atoms with Crippen LogP contribution in [0.25, 0.3) is 0 Å². The van der Waals surface area contributed by atoms with E-state index in [-0.39, 0.29) is 0 Å². The van der Waals surface area contributed by atoms with E-state index in [2.05, 4.69) is 46.9 Å². The van der Waals surface area contributed by atoms with E-state index in [4.69, 9.17) is 10.5 Å². The van der Waals surface area contributed by atoms with E-state index in [1.54, 1.807) is 0 Å². The average molecular weight is 349 g/mol. The monoisotopic (exact) mass is 348 g/mol. The Labute approximate surface area is 134 Å². The van der Waals surface area contributed by atoms with Gasteiger partial charge in [-0.05, 0) is 24.1 Å². The van der Waals surface area contributed by atoms with Crippen LogP contribution in [0.5, 0.6) is 5.75 Å². The molecule has 0 fully saturated rings. The van der Waals surface area contributed by atoms with Crippen molar-refractivity contribution in [2.45, 2.75) is 19.9 Å². The minimum atomic E-state index is 0.705. The van der Waals surface area contributed by atoms with E-state index in [1.165, 1.54) is 5.56 Å². The van der Waals surface area contributed by atoms with Gasteiger partial charge < -0.3 is 15.4 Å². The minimum Gasteiger partial charge on any atom is -0.493 e. The normalized spacial score (nSPS) is 10.4. The first-order valence-corrected chi connectivity index (χ1v) is 7.87. The van der Waals surface area contributed by atoms with E-state index in [0.29, 0.717) is 6.61 Å². The molecular formula is C17H21BrN2O. The molecular weight excluding hydrogens is 328 g/mol. The number of nitrogen functional groups attached to an aromatic ring is 1. The summed E-state index contributed by atoms with van der Waals surface area (Å²) in [5.41, 5.74) is 8.98. The van der Waals surface area contributed by atoms with E-state index >= 15 is 0 Å². The Morgan fingerprint density at radius 2 is 1.95 bits per heavy atom. The van der Waals surface area contributed by atoms with Crippen molar-refractivity contribution in [3.63, 3.8) is 0 Å². The van der Waals surface area contributed by atoms with Crippen LogP contribution in [0, 0.1) is 0 Å². The summed E-state index contributed by atoms with van der Waals surface area (Å²) in [7, 11) is 2.05. The second-order valence-electron chi connectivity index (χ2n) is 5.06. The fourth-order valence-electron chi connectivity index (χ4n) is 2.10. The first-order chi connectivity index (χ1) is 10.1. The van der Waals surface area contributed by atoms with E-state index in [1.807, 2.05) is 30.3 Å². The molecule has 0 amide bonds. The highest BCUT2D eigenvalue weighted by Crippen LogP contribution is 2.27. The molecule has 0 aliphatic heterocycles. The number of nitrogens with zero attached hydrogens (tertiary/aromatic N) is 1. The summed E-state index contributed by atoms with van der Waals surface area (Å²) in [6, 6.07) is 14.1. The van der Waals surface area contributed by atoms with Gasteiger partial charge in [0, 0.05) is 41.6 Å². The van der Waals surface area contributed by atoms with Crippen LogP contribution in [-0.2, 0) is 6.54 Å². The molecule has 0 aliphatic carbocycles. The molecule has 0 saturated heterocycles. The van der Waals surface area contributed by atoms with E-state index < -0.39 is 0 Å². The van der Waals surface area contributed by atoms with Gasteiger partial charge in [-0.3, -0.25) is 0 Å². The Morgan fingerprint density at radius 3 is 2.67 bits per heavy atom. The SMILES string of the molecule is CCCOc1cc(N)cc(N(C)Cc2ccccc2Br)c1. The third-order valence-corrected chi connectivity index (χ3v) is 3.97. The highest BCUT2D eigenvalue weighted by Gasteiger charge is 2.07. The van der Waals surface area contributed by atoms with Gasteiger partial charge in [0.05, 0.1) is 6.61 Å². The lowest BCUT2D eigenvalue weighted by molar-refractivity contribution is 0.317. The summed E-state index contributed by atoms with van der Waals surface area (Å²) < 4.78 is 6.80. The maximum atomic E-state index is 5.98. The Balaban J connectivity index is 2.16. The molecule has 112 valence electrons. The molecule has 4 heteroatoms. The zero-order valence-corrected chi connectivity index (χ0v) is 14.1.